The second kappa shape index (κ2) is 3.89. The molecule has 14 heavy (non-hydrogen) atoms. The maximum absolute atomic E-state index is 11.5. The molecule has 0 saturated heterocycles. The smallest absolute Gasteiger partial charge is 0.258 e. The fourth-order valence-electron chi connectivity index (χ4n) is 0.772. The molecule has 0 aliphatic heterocycles. The molecule has 1 heterocycles. The molecule has 6 nitrogen and oxygen atoms in total. The van der Waals surface area contributed by atoms with Crippen LogP contribution in [-0.4, -0.2) is 30.4 Å². The van der Waals surface area contributed by atoms with E-state index >= 15 is 0 Å². The van der Waals surface area contributed by atoms with Crippen molar-refractivity contribution in [3.8, 4) is 0 Å². The Bertz CT molecular complexity index is 409. The van der Waals surface area contributed by atoms with Gasteiger partial charge in [-0.1, -0.05) is 0 Å². The van der Waals surface area contributed by atoms with E-state index in [0.29, 0.717) is 0 Å². The van der Waals surface area contributed by atoms with Crippen LogP contribution in [0.3, 0.4) is 0 Å². The summed E-state index contributed by atoms with van der Waals surface area (Å²) in [5.41, 5.74) is 0. The Labute approximate surface area is 81.8 Å². The van der Waals surface area contributed by atoms with Crippen LogP contribution in [0.1, 0.15) is 13.8 Å². The lowest BCUT2D eigenvalue weighted by Gasteiger charge is -2.09. The third-order valence-electron chi connectivity index (χ3n) is 1.71. The minimum absolute atomic E-state index is 0.0504. The number of carbonyl (C=O) groups is 1. The van der Waals surface area contributed by atoms with Crippen LogP contribution in [0, 0.1) is 0 Å². The number of Topliss-reactive ketones (excluding diaryl/α,β-unsaturated/α-hetero) is 1. The molecule has 1 aromatic rings. The Balaban J connectivity index is 2.84. The van der Waals surface area contributed by atoms with Gasteiger partial charge in [-0.2, -0.15) is 9.82 Å². The molecular formula is C7H11N3O3S. The third-order valence-corrected chi connectivity index (χ3v) is 3.18. The molecule has 0 fully saturated rings. The summed E-state index contributed by atoms with van der Waals surface area (Å²) in [5.74, 6) is -0.243. The van der Waals surface area contributed by atoms with Crippen molar-refractivity contribution in [2.24, 2.45) is 0 Å². The SMILES string of the molecule is CC(=O)C(C)NS(=O)(=O)c1ccn[nH]1. The minimum Gasteiger partial charge on any atom is -0.298 e. The van der Waals surface area contributed by atoms with Crippen LogP contribution in [0.5, 0.6) is 0 Å². The first-order valence-electron chi connectivity index (χ1n) is 3.95. The van der Waals surface area contributed by atoms with Gasteiger partial charge in [0.25, 0.3) is 10.0 Å². The Kier molecular flexibility index (Phi) is 3.02. The third kappa shape index (κ3) is 2.39. The number of carbonyl (C=O) groups excluding carboxylic acids is 1. The van der Waals surface area contributed by atoms with Gasteiger partial charge >= 0.3 is 0 Å². The van der Waals surface area contributed by atoms with Crippen molar-refractivity contribution in [2.75, 3.05) is 0 Å². The van der Waals surface area contributed by atoms with Gasteiger partial charge in [0.15, 0.2) is 5.03 Å². The summed E-state index contributed by atoms with van der Waals surface area (Å²) in [6.07, 6.45) is 1.33. The van der Waals surface area contributed by atoms with Crippen molar-refractivity contribution in [3.05, 3.63) is 12.3 Å². The van der Waals surface area contributed by atoms with E-state index in [9.17, 15) is 13.2 Å². The molecule has 0 amide bonds. The van der Waals surface area contributed by atoms with Crippen LogP contribution in [-0.2, 0) is 14.8 Å². The summed E-state index contributed by atoms with van der Waals surface area (Å²) in [4.78, 5) is 10.8. The second-order valence-corrected chi connectivity index (χ2v) is 4.56. The summed E-state index contributed by atoms with van der Waals surface area (Å²) in [7, 11) is -3.65. The van der Waals surface area contributed by atoms with E-state index in [0.717, 1.165) is 0 Å². The Morgan fingerprint density at radius 1 is 1.64 bits per heavy atom. The van der Waals surface area contributed by atoms with Gasteiger partial charge in [-0.15, -0.1) is 0 Å². The quantitative estimate of drug-likeness (QED) is 0.722. The Morgan fingerprint density at radius 2 is 2.29 bits per heavy atom. The van der Waals surface area contributed by atoms with E-state index in [1.165, 1.54) is 26.1 Å². The molecular weight excluding hydrogens is 206 g/mol. The van der Waals surface area contributed by atoms with Crippen LogP contribution < -0.4 is 4.72 Å². The van der Waals surface area contributed by atoms with Crippen LogP contribution in [0.25, 0.3) is 0 Å². The average molecular weight is 217 g/mol. The Morgan fingerprint density at radius 3 is 2.71 bits per heavy atom. The number of hydrogen-bond donors (Lipinski definition) is 2. The highest BCUT2D eigenvalue weighted by Gasteiger charge is 2.20. The molecule has 1 aromatic heterocycles. The largest absolute Gasteiger partial charge is 0.298 e. The van der Waals surface area contributed by atoms with E-state index in [-0.39, 0.29) is 10.8 Å². The lowest BCUT2D eigenvalue weighted by molar-refractivity contribution is -0.118. The number of H-pyrrole nitrogens is 1. The number of aromatic amines is 1. The van der Waals surface area contributed by atoms with Crippen molar-refractivity contribution in [1.29, 1.82) is 0 Å². The minimum atomic E-state index is -3.65. The molecule has 0 bridgehead atoms. The summed E-state index contributed by atoms with van der Waals surface area (Å²) in [6.45, 7) is 2.80. The van der Waals surface area contributed by atoms with Crippen molar-refractivity contribution >= 4 is 15.8 Å². The van der Waals surface area contributed by atoms with Crippen molar-refractivity contribution in [2.45, 2.75) is 24.9 Å². The molecule has 7 heteroatoms. The molecule has 0 aliphatic carbocycles. The maximum Gasteiger partial charge on any atom is 0.258 e. The molecule has 1 atom stereocenters. The lowest BCUT2D eigenvalue weighted by atomic mass is 10.3. The van der Waals surface area contributed by atoms with Crippen LogP contribution in [0.2, 0.25) is 0 Å². The normalized spacial score (nSPS) is 13.9. The maximum atomic E-state index is 11.5. The van der Waals surface area contributed by atoms with Gasteiger partial charge in [-0.05, 0) is 19.9 Å². The highest BCUT2D eigenvalue weighted by atomic mass is 32.2. The summed E-state index contributed by atoms with van der Waals surface area (Å²) in [5, 5.41) is 5.77. The molecule has 0 saturated carbocycles. The molecule has 2 N–H and O–H groups in total. The van der Waals surface area contributed by atoms with Crippen LogP contribution in [0.4, 0.5) is 0 Å². The van der Waals surface area contributed by atoms with Gasteiger partial charge in [0.1, 0.15) is 5.78 Å². The van der Waals surface area contributed by atoms with Gasteiger partial charge in [-0.3, -0.25) is 9.89 Å². The van der Waals surface area contributed by atoms with E-state index in [1.807, 2.05) is 0 Å². The zero-order valence-electron chi connectivity index (χ0n) is 7.81. The van der Waals surface area contributed by atoms with Gasteiger partial charge < -0.3 is 0 Å². The van der Waals surface area contributed by atoms with Gasteiger partial charge in [0.05, 0.1) is 12.2 Å². The molecule has 0 aromatic carbocycles. The Hall–Kier alpha value is -1.21. The van der Waals surface area contributed by atoms with Crippen LogP contribution >= 0.6 is 0 Å². The molecule has 1 unspecified atom stereocenters. The predicted octanol–water partition coefficient (Wildman–Crippen LogP) is -0.335. The summed E-state index contributed by atoms with van der Waals surface area (Å²) < 4.78 is 25.2. The fraction of sp³-hybridized carbons (Fsp3) is 0.429. The monoisotopic (exact) mass is 217 g/mol. The zero-order valence-corrected chi connectivity index (χ0v) is 8.63. The lowest BCUT2D eigenvalue weighted by Crippen LogP contribution is -2.37. The van der Waals surface area contributed by atoms with Crippen molar-refractivity contribution < 1.29 is 13.2 Å². The van der Waals surface area contributed by atoms with Crippen LogP contribution in [0.15, 0.2) is 17.3 Å². The zero-order chi connectivity index (χ0) is 10.8. The number of nitrogens with zero attached hydrogens (tertiary/aromatic N) is 1. The van der Waals surface area contributed by atoms with E-state index in [4.69, 9.17) is 0 Å². The number of rotatable bonds is 4. The number of ketones is 1. The van der Waals surface area contributed by atoms with E-state index < -0.39 is 16.1 Å². The molecule has 0 aliphatic rings. The highest BCUT2D eigenvalue weighted by Crippen LogP contribution is 2.03. The van der Waals surface area contributed by atoms with Gasteiger partial charge in [-0.25, -0.2) is 8.42 Å². The first-order valence-corrected chi connectivity index (χ1v) is 5.44. The topological polar surface area (TPSA) is 91.9 Å². The number of hydrogen-bond acceptors (Lipinski definition) is 4. The first kappa shape index (κ1) is 10.9. The van der Waals surface area contributed by atoms with E-state index in [1.54, 1.807) is 0 Å². The molecule has 1 rings (SSSR count). The molecule has 78 valence electrons. The number of sulfonamides is 1. The number of nitrogens with one attached hydrogen (secondary N) is 2. The summed E-state index contributed by atoms with van der Waals surface area (Å²) >= 11 is 0. The van der Waals surface area contributed by atoms with Crippen molar-refractivity contribution in [1.82, 2.24) is 14.9 Å². The van der Waals surface area contributed by atoms with Crippen molar-refractivity contribution in [3.63, 3.8) is 0 Å². The van der Waals surface area contributed by atoms with E-state index in [2.05, 4.69) is 14.9 Å². The summed E-state index contributed by atoms with van der Waals surface area (Å²) in [6, 6.07) is 0.582. The number of aromatic nitrogens is 2. The van der Waals surface area contributed by atoms with Gasteiger partial charge in [0.2, 0.25) is 0 Å². The fourth-order valence-corrected chi connectivity index (χ4v) is 1.94. The second-order valence-electron chi connectivity index (χ2n) is 2.87. The standard InChI is InChI=1S/C7H11N3O3S/c1-5(6(2)11)10-14(12,13)7-3-4-8-9-7/h3-5,10H,1-2H3,(H,8,9). The molecule has 0 radical (unpaired) electrons. The highest BCUT2D eigenvalue weighted by molar-refractivity contribution is 7.89. The first-order chi connectivity index (χ1) is 6.43. The van der Waals surface area contributed by atoms with Gasteiger partial charge in [0, 0.05) is 0 Å². The predicted molar refractivity (Wildman–Crippen MR) is 49.1 cm³/mol. The average Bonchev–Trinajstić information content (AvgIpc) is 2.54. The molecule has 0 spiro atoms.